The number of esters is 8. The van der Waals surface area contributed by atoms with E-state index in [0.29, 0.717) is 0 Å². The fourth-order valence-electron chi connectivity index (χ4n) is 7.30. The normalized spacial score (nSPS) is 31.7. The average Bonchev–Trinajstić information content (AvgIpc) is 3.17. The summed E-state index contributed by atoms with van der Waals surface area (Å²) in [4.78, 5) is 124. The predicted molar refractivity (Wildman–Crippen MR) is 210 cm³/mol. The second-order valence-corrected chi connectivity index (χ2v) is 15.0. The Morgan fingerprint density at radius 1 is 0.379 bits per heavy atom. The molecule has 15 atom stereocenters. The zero-order chi connectivity index (χ0) is 49.6. The van der Waals surface area contributed by atoms with Gasteiger partial charge in [0.2, 0.25) is 11.8 Å². The first-order valence-corrected chi connectivity index (χ1v) is 20.6. The van der Waals surface area contributed by atoms with Gasteiger partial charge < -0.3 is 76.9 Å². The highest BCUT2D eigenvalue weighted by atomic mass is 16.8. The van der Waals surface area contributed by atoms with Crippen molar-refractivity contribution in [2.75, 3.05) is 26.4 Å². The summed E-state index contributed by atoms with van der Waals surface area (Å²) in [6.07, 6.45) is -20.6. The molecule has 66 heavy (non-hydrogen) atoms. The Labute approximate surface area is 378 Å². The summed E-state index contributed by atoms with van der Waals surface area (Å²) in [5, 5.41) is 5.10. The van der Waals surface area contributed by atoms with Crippen molar-refractivity contribution in [3.8, 4) is 0 Å². The Bertz CT molecular complexity index is 1780. The van der Waals surface area contributed by atoms with Crippen molar-refractivity contribution >= 4 is 59.6 Å². The van der Waals surface area contributed by atoms with Crippen molar-refractivity contribution < 1.29 is 114 Å². The molecule has 372 valence electrons. The van der Waals surface area contributed by atoms with E-state index in [0.717, 1.165) is 69.2 Å². The van der Waals surface area contributed by atoms with Crippen LogP contribution in [0.2, 0.25) is 0 Å². The van der Waals surface area contributed by atoms with E-state index >= 15 is 0 Å². The highest BCUT2D eigenvalue weighted by molar-refractivity contribution is 5.74. The summed E-state index contributed by atoms with van der Waals surface area (Å²) in [6, 6.07) is -3.01. The molecule has 0 radical (unpaired) electrons. The third kappa shape index (κ3) is 16.4. The highest BCUT2D eigenvalue weighted by Crippen LogP contribution is 2.36. The molecular formula is C40H58N2O24. The van der Waals surface area contributed by atoms with Gasteiger partial charge in [0.05, 0.1) is 6.61 Å². The monoisotopic (exact) mass is 950 g/mol. The van der Waals surface area contributed by atoms with E-state index in [9.17, 15) is 47.9 Å². The quantitative estimate of drug-likeness (QED) is 0.108. The number of amides is 2. The van der Waals surface area contributed by atoms with Gasteiger partial charge in [-0.25, -0.2) is 0 Å². The maximum absolute atomic E-state index is 12.9. The summed E-state index contributed by atoms with van der Waals surface area (Å²) in [6.45, 7) is 10.2. The number of hydrogen-bond donors (Lipinski definition) is 2. The Morgan fingerprint density at radius 2 is 0.712 bits per heavy atom. The minimum Gasteiger partial charge on any atom is -0.463 e. The summed E-state index contributed by atoms with van der Waals surface area (Å²) in [5.74, 6) is -8.36. The lowest BCUT2D eigenvalue weighted by atomic mass is 9.94. The first-order chi connectivity index (χ1) is 30.9. The van der Waals surface area contributed by atoms with Crippen molar-refractivity contribution in [2.45, 2.75) is 168 Å². The summed E-state index contributed by atoms with van der Waals surface area (Å²) in [5.41, 5.74) is 0. The smallest absolute Gasteiger partial charge is 0.303 e. The zero-order valence-electron chi connectivity index (χ0n) is 38.3. The largest absolute Gasteiger partial charge is 0.463 e. The third-order valence-corrected chi connectivity index (χ3v) is 9.38. The van der Waals surface area contributed by atoms with Crippen LogP contribution in [-0.4, -0.2) is 178 Å². The van der Waals surface area contributed by atoms with Crippen molar-refractivity contribution in [3.05, 3.63) is 0 Å². The zero-order valence-corrected chi connectivity index (χ0v) is 38.3. The minimum absolute atomic E-state index is 0.0891. The number of carbonyl (C=O) groups excluding carboxylic acids is 10. The van der Waals surface area contributed by atoms with E-state index in [1.165, 1.54) is 0 Å². The molecule has 0 aromatic heterocycles. The van der Waals surface area contributed by atoms with E-state index < -0.39 is 171 Å². The summed E-state index contributed by atoms with van der Waals surface area (Å²) < 4.78 is 80.9. The van der Waals surface area contributed by atoms with Crippen LogP contribution < -0.4 is 10.6 Å². The second-order valence-electron chi connectivity index (χ2n) is 15.0. The minimum atomic E-state index is -1.82. The molecule has 26 heteroatoms. The third-order valence-electron chi connectivity index (χ3n) is 9.38. The lowest BCUT2D eigenvalue weighted by molar-refractivity contribution is -0.355. The molecule has 0 saturated carbocycles. The molecule has 3 saturated heterocycles. The van der Waals surface area contributed by atoms with E-state index in [4.69, 9.17) is 66.3 Å². The number of ether oxygens (including phenoxy) is 14. The second kappa shape index (κ2) is 25.4. The van der Waals surface area contributed by atoms with Crippen molar-refractivity contribution in [2.24, 2.45) is 0 Å². The molecule has 0 spiro atoms. The van der Waals surface area contributed by atoms with Crippen molar-refractivity contribution in [1.82, 2.24) is 10.6 Å². The van der Waals surface area contributed by atoms with Crippen LogP contribution in [0, 0.1) is 0 Å². The fraction of sp³-hybridized carbons (Fsp3) is 0.750. The molecule has 2 N–H and O–H groups in total. The van der Waals surface area contributed by atoms with Gasteiger partial charge in [-0.3, -0.25) is 47.9 Å². The van der Waals surface area contributed by atoms with Crippen LogP contribution in [0.25, 0.3) is 0 Å². The van der Waals surface area contributed by atoms with Crippen LogP contribution in [0.3, 0.4) is 0 Å². The van der Waals surface area contributed by atoms with Gasteiger partial charge >= 0.3 is 47.8 Å². The van der Waals surface area contributed by atoms with E-state index in [2.05, 4.69) is 10.6 Å². The number of nitrogens with one attached hydrogen (secondary N) is 2. The van der Waals surface area contributed by atoms with Crippen LogP contribution in [0.5, 0.6) is 0 Å². The molecular weight excluding hydrogens is 892 g/mol. The maximum Gasteiger partial charge on any atom is 0.303 e. The molecule has 3 fully saturated rings. The molecule has 0 unspecified atom stereocenters. The molecule has 0 bridgehead atoms. The average molecular weight is 951 g/mol. The number of carbonyl (C=O) groups is 10. The summed E-state index contributed by atoms with van der Waals surface area (Å²) in [7, 11) is 0. The van der Waals surface area contributed by atoms with E-state index in [1.807, 2.05) is 0 Å². The molecule has 2 amide bonds. The van der Waals surface area contributed by atoms with Crippen molar-refractivity contribution in [1.29, 1.82) is 0 Å². The van der Waals surface area contributed by atoms with Crippen LogP contribution in [0.4, 0.5) is 0 Å². The van der Waals surface area contributed by atoms with Crippen LogP contribution in [0.15, 0.2) is 0 Å². The van der Waals surface area contributed by atoms with Crippen LogP contribution in [0.1, 0.15) is 76.2 Å². The molecule has 0 aromatic rings. The fourth-order valence-corrected chi connectivity index (χ4v) is 7.30. The molecule has 3 heterocycles. The Kier molecular flexibility index (Phi) is 21.1. The molecule has 26 nitrogen and oxygen atoms in total. The predicted octanol–water partition coefficient (Wildman–Crippen LogP) is -1.67. The van der Waals surface area contributed by atoms with Gasteiger partial charge in [0.25, 0.3) is 0 Å². The van der Waals surface area contributed by atoms with Gasteiger partial charge in [-0.15, -0.1) is 0 Å². The molecule has 3 rings (SSSR count). The van der Waals surface area contributed by atoms with Gasteiger partial charge in [0.1, 0.15) is 49.7 Å². The lowest BCUT2D eigenvalue weighted by Crippen LogP contribution is -2.70. The molecule has 3 aliphatic heterocycles. The topological polar surface area (TPSA) is 324 Å². The summed E-state index contributed by atoms with van der Waals surface area (Å²) >= 11 is 0. The van der Waals surface area contributed by atoms with Gasteiger partial charge in [-0.2, -0.15) is 0 Å². The van der Waals surface area contributed by atoms with Gasteiger partial charge in [0, 0.05) is 75.8 Å². The van der Waals surface area contributed by atoms with Crippen LogP contribution >= 0.6 is 0 Å². The molecule has 0 aliphatic carbocycles. The van der Waals surface area contributed by atoms with Gasteiger partial charge in [0.15, 0.2) is 55.5 Å². The first kappa shape index (κ1) is 54.8. The van der Waals surface area contributed by atoms with Crippen molar-refractivity contribution in [3.63, 3.8) is 0 Å². The Balaban J connectivity index is 2.22. The lowest BCUT2D eigenvalue weighted by Gasteiger charge is -2.49. The standard InChI is InChI=1S/C40H58N2O24/c1-12-53-40-37(62-25(11)52)36(66-39-30(42-17(3)44)35(61-24(10)51)32(58-21(7)48)27(64-39)14-55-19(5)46)33(59-22(8)49)28(65-40)15-56-38-29(41-16(2)43)34(60-23(9)50)31(57-20(6)47)26(63-38)13-54-18(4)45/h26-40H,12-15H2,1-11H3,(H,41,43)(H,42,44)/t26-,27-,28-,29+,30+,31-,32-,33+,34-,35-,36+,37-,38-,39+,40+/m1/s1. The molecule has 3 aliphatic rings. The maximum atomic E-state index is 12.9. The Hall–Kier alpha value is -5.54. The van der Waals surface area contributed by atoms with Gasteiger partial charge in [-0.1, -0.05) is 0 Å². The first-order valence-electron chi connectivity index (χ1n) is 20.6. The Morgan fingerprint density at radius 3 is 1.09 bits per heavy atom. The van der Waals surface area contributed by atoms with Crippen LogP contribution in [-0.2, 0) is 114 Å². The highest BCUT2D eigenvalue weighted by Gasteiger charge is 2.58. The molecule has 0 aromatic carbocycles. The SMILES string of the molecule is CCO[C@H]1O[C@H](CO[C@@H]2O[C@H](COC(C)=O)[C@@H](OC(C)=O)[C@H](OC(C)=O)[C@@H]2NC(C)=O)[C@H](OC(C)=O)[C@H](O[C@@H]2O[C@H](COC(C)=O)[C@@H](OC(C)=O)[C@H](OC(C)=O)[C@@H]2NC(C)=O)[C@H]1OC(C)=O. The van der Waals surface area contributed by atoms with Gasteiger partial charge in [-0.05, 0) is 6.92 Å². The number of hydrogen-bond acceptors (Lipinski definition) is 24. The van der Waals surface area contributed by atoms with E-state index in [1.54, 1.807) is 6.92 Å². The van der Waals surface area contributed by atoms with E-state index in [-0.39, 0.29) is 6.61 Å². The number of rotatable bonds is 19.